The van der Waals surface area contributed by atoms with Crippen LogP contribution in [0.15, 0.2) is 18.2 Å². The molecule has 0 aliphatic carbocycles. The van der Waals surface area contributed by atoms with Crippen molar-refractivity contribution in [3.63, 3.8) is 0 Å². The first kappa shape index (κ1) is 14.6. The van der Waals surface area contributed by atoms with Gasteiger partial charge in [0.2, 0.25) is 5.91 Å². The first-order valence-corrected chi connectivity index (χ1v) is 6.48. The van der Waals surface area contributed by atoms with Crippen LogP contribution in [-0.4, -0.2) is 28.4 Å². The molecule has 100 valence electrons. The van der Waals surface area contributed by atoms with E-state index in [9.17, 15) is 4.79 Å². The summed E-state index contributed by atoms with van der Waals surface area (Å²) < 4.78 is 0. The van der Waals surface area contributed by atoms with Gasteiger partial charge in [-0.2, -0.15) is 0 Å². The van der Waals surface area contributed by atoms with E-state index < -0.39 is 0 Å². The van der Waals surface area contributed by atoms with Gasteiger partial charge in [-0.15, -0.1) is 0 Å². The molecule has 1 unspecified atom stereocenters. The Bertz CT molecular complexity index is 390. The summed E-state index contributed by atoms with van der Waals surface area (Å²) in [6.07, 6.45) is 1.24. The number of amides is 1. The van der Waals surface area contributed by atoms with Crippen LogP contribution in [0.25, 0.3) is 0 Å². The van der Waals surface area contributed by atoms with Crippen molar-refractivity contribution in [2.45, 2.75) is 46.2 Å². The Morgan fingerprint density at radius 1 is 1.50 bits per heavy atom. The zero-order valence-electron chi connectivity index (χ0n) is 11.5. The van der Waals surface area contributed by atoms with Crippen LogP contribution in [0, 0.1) is 6.92 Å². The van der Waals surface area contributed by atoms with Crippen LogP contribution < -0.4 is 5.73 Å². The Morgan fingerprint density at radius 2 is 2.22 bits per heavy atom. The molecule has 18 heavy (non-hydrogen) atoms. The van der Waals surface area contributed by atoms with E-state index >= 15 is 0 Å². The number of aryl methyl sites for hydroxylation is 1. The van der Waals surface area contributed by atoms with Crippen molar-refractivity contribution in [1.29, 1.82) is 0 Å². The molecule has 0 aliphatic heterocycles. The first-order chi connectivity index (χ1) is 8.52. The van der Waals surface area contributed by atoms with E-state index in [-0.39, 0.29) is 11.9 Å². The van der Waals surface area contributed by atoms with Gasteiger partial charge in [0.15, 0.2) is 0 Å². The number of pyridine rings is 1. The van der Waals surface area contributed by atoms with Gasteiger partial charge in [0.05, 0.1) is 12.2 Å². The zero-order chi connectivity index (χ0) is 13.5. The number of carbonyl (C=O) groups is 1. The number of hydrogen-bond donors (Lipinski definition) is 1. The summed E-state index contributed by atoms with van der Waals surface area (Å²) >= 11 is 0. The molecule has 1 aromatic rings. The third kappa shape index (κ3) is 4.84. The molecule has 1 amide bonds. The van der Waals surface area contributed by atoms with Gasteiger partial charge in [-0.3, -0.25) is 9.78 Å². The van der Waals surface area contributed by atoms with Crippen molar-refractivity contribution in [1.82, 2.24) is 9.88 Å². The molecule has 0 aromatic carbocycles. The molecular weight excluding hydrogens is 226 g/mol. The monoisotopic (exact) mass is 249 g/mol. The Morgan fingerprint density at radius 3 is 2.78 bits per heavy atom. The molecule has 0 radical (unpaired) electrons. The van der Waals surface area contributed by atoms with Gasteiger partial charge in [0.1, 0.15) is 0 Å². The SMILES string of the molecule is CCN(Cc1cccc(C)n1)C(=O)CCC(C)N. The molecule has 4 heteroatoms. The fourth-order valence-electron chi connectivity index (χ4n) is 1.77. The lowest BCUT2D eigenvalue weighted by Crippen LogP contribution is -2.31. The quantitative estimate of drug-likeness (QED) is 0.837. The summed E-state index contributed by atoms with van der Waals surface area (Å²) in [4.78, 5) is 18.3. The zero-order valence-corrected chi connectivity index (χ0v) is 11.5. The molecule has 0 aliphatic rings. The van der Waals surface area contributed by atoms with E-state index in [0.29, 0.717) is 19.5 Å². The highest BCUT2D eigenvalue weighted by molar-refractivity contribution is 5.76. The maximum atomic E-state index is 12.0. The van der Waals surface area contributed by atoms with Gasteiger partial charge in [0.25, 0.3) is 0 Å². The number of hydrogen-bond acceptors (Lipinski definition) is 3. The standard InChI is InChI=1S/C14H23N3O/c1-4-17(14(18)9-8-11(2)15)10-13-7-5-6-12(3)16-13/h5-7,11H,4,8-10,15H2,1-3H3. The number of rotatable bonds is 6. The normalized spacial score (nSPS) is 12.2. The number of carbonyl (C=O) groups excluding carboxylic acids is 1. The largest absolute Gasteiger partial charge is 0.337 e. The fraction of sp³-hybridized carbons (Fsp3) is 0.571. The topological polar surface area (TPSA) is 59.2 Å². The molecule has 0 bridgehead atoms. The highest BCUT2D eigenvalue weighted by atomic mass is 16.2. The summed E-state index contributed by atoms with van der Waals surface area (Å²) in [6, 6.07) is 5.95. The average Bonchev–Trinajstić information content (AvgIpc) is 2.33. The summed E-state index contributed by atoms with van der Waals surface area (Å²) in [5, 5.41) is 0. The van der Waals surface area contributed by atoms with Crippen molar-refractivity contribution >= 4 is 5.91 Å². The second-order valence-corrected chi connectivity index (χ2v) is 4.69. The first-order valence-electron chi connectivity index (χ1n) is 6.48. The van der Waals surface area contributed by atoms with E-state index in [1.807, 2.05) is 43.9 Å². The predicted molar refractivity (Wildman–Crippen MR) is 72.9 cm³/mol. The Balaban J connectivity index is 2.58. The molecule has 0 spiro atoms. The molecule has 0 saturated carbocycles. The number of aromatic nitrogens is 1. The van der Waals surface area contributed by atoms with E-state index in [0.717, 1.165) is 17.8 Å². The summed E-state index contributed by atoms with van der Waals surface area (Å²) in [5.41, 5.74) is 7.59. The van der Waals surface area contributed by atoms with Gasteiger partial charge in [-0.25, -0.2) is 0 Å². The minimum Gasteiger partial charge on any atom is -0.337 e. The van der Waals surface area contributed by atoms with E-state index in [1.165, 1.54) is 0 Å². The van der Waals surface area contributed by atoms with Crippen molar-refractivity contribution in [3.05, 3.63) is 29.6 Å². The van der Waals surface area contributed by atoms with Crippen LogP contribution in [0.1, 0.15) is 38.1 Å². The third-order valence-electron chi connectivity index (χ3n) is 2.85. The van der Waals surface area contributed by atoms with Crippen molar-refractivity contribution in [2.24, 2.45) is 5.73 Å². The van der Waals surface area contributed by atoms with Crippen LogP contribution in [-0.2, 0) is 11.3 Å². The maximum Gasteiger partial charge on any atom is 0.222 e. The molecule has 0 saturated heterocycles. The lowest BCUT2D eigenvalue weighted by molar-refractivity contribution is -0.131. The van der Waals surface area contributed by atoms with Gasteiger partial charge in [0, 0.05) is 24.7 Å². The van der Waals surface area contributed by atoms with Crippen LogP contribution in [0.2, 0.25) is 0 Å². The average molecular weight is 249 g/mol. The van der Waals surface area contributed by atoms with Crippen molar-refractivity contribution in [3.8, 4) is 0 Å². The second kappa shape index (κ2) is 7.11. The molecule has 1 aromatic heterocycles. The molecule has 2 N–H and O–H groups in total. The Labute approximate surface area is 109 Å². The third-order valence-corrected chi connectivity index (χ3v) is 2.85. The smallest absolute Gasteiger partial charge is 0.222 e. The molecular formula is C14H23N3O. The van der Waals surface area contributed by atoms with Crippen molar-refractivity contribution in [2.75, 3.05) is 6.54 Å². The molecule has 4 nitrogen and oxygen atoms in total. The Kier molecular flexibility index (Phi) is 5.78. The van der Waals surface area contributed by atoms with Crippen LogP contribution in [0.3, 0.4) is 0 Å². The second-order valence-electron chi connectivity index (χ2n) is 4.69. The van der Waals surface area contributed by atoms with E-state index in [1.54, 1.807) is 0 Å². The summed E-state index contributed by atoms with van der Waals surface area (Å²) in [6.45, 7) is 7.15. The van der Waals surface area contributed by atoms with E-state index in [4.69, 9.17) is 5.73 Å². The number of nitrogens with two attached hydrogens (primary N) is 1. The summed E-state index contributed by atoms with van der Waals surface area (Å²) in [7, 11) is 0. The minimum atomic E-state index is 0.0738. The van der Waals surface area contributed by atoms with Gasteiger partial charge < -0.3 is 10.6 Å². The highest BCUT2D eigenvalue weighted by Gasteiger charge is 2.13. The van der Waals surface area contributed by atoms with Crippen molar-refractivity contribution < 1.29 is 4.79 Å². The highest BCUT2D eigenvalue weighted by Crippen LogP contribution is 2.06. The lowest BCUT2D eigenvalue weighted by atomic mass is 10.2. The molecule has 1 rings (SSSR count). The molecule has 1 heterocycles. The summed E-state index contributed by atoms with van der Waals surface area (Å²) in [5.74, 6) is 0.151. The molecule has 1 atom stereocenters. The van der Waals surface area contributed by atoms with Gasteiger partial charge in [-0.05, 0) is 39.3 Å². The molecule has 0 fully saturated rings. The fourth-order valence-corrected chi connectivity index (χ4v) is 1.77. The van der Waals surface area contributed by atoms with Gasteiger partial charge >= 0.3 is 0 Å². The number of nitrogens with zero attached hydrogens (tertiary/aromatic N) is 2. The van der Waals surface area contributed by atoms with Crippen LogP contribution >= 0.6 is 0 Å². The van der Waals surface area contributed by atoms with Crippen LogP contribution in [0.5, 0.6) is 0 Å². The van der Waals surface area contributed by atoms with Gasteiger partial charge in [-0.1, -0.05) is 6.07 Å². The lowest BCUT2D eigenvalue weighted by Gasteiger charge is -2.21. The van der Waals surface area contributed by atoms with Crippen LogP contribution in [0.4, 0.5) is 0 Å². The van der Waals surface area contributed by atoms with E-state index in [2.05, 4.69) is 4.98 Å². The maximum absolute atomic E-state index is 12.0. The Hall–Kier alpha value is -1.42. The predicted octanol–water partition coefficient (Wildman–Crippen LogP) is 1.87. The minimum absolute atomic E-state index is 0.0738.